The van der Waals surface area contributed by atoms with Gasteiger partial charge < -0.3 is 14.1 Å². The van der Waals surface area contributed by atoms with Gasteiger partial charge in [-0.2, -0.15) is 0 Å². The molecule has 1 aliphatic heterocycles. The molecule has 27 heavy (non-hydrogen) atoms. The van der Waals surface area contributed by atoms with E-state index < -0.39 is 5.92 Å². The van der Waals surface area contributed by atoms with Crippen molar-refractivity contribution in [2.75, 3.05) is 13.7 Å². The lowest BCUT2D eigenvalue weighted by molar-refractivity contribution is -0.131. The Labute approximate surface area is 156 Å². The van der Waals surface area contributed by atoms with Crippen molar-refractivity contribution in [3.05, 3.63) is 54.0 Å². The number of rotatable bonds is 6. The Morgan fingerprint density at radius 2 is 2.00 bits per heavy atom. The number of hydrogen-bond donors (Lipinski definition) is 2. The fourth-order valence-corrected chi connectivity index (χ4v) is 2.90. The lowest BCUT2D eigenvalue weighted by Crippen LogP contribution is -2.45. The molecule has 1 aromatic heterocycles. The molecule has 2 aromatic rings. The van der Waals surface area contributed by atoms with Crippen LogP contribution in [0.1, 0.15) is 17.7 Å². The van der Waals surface area contributed by atoms with Crippen LogP contribution < -0.4 is 15.6 Å². The highest BCUT2D eigenvalue weighted by atomic mass is 16.5. The number of methoxy groups -OCH3 is 1. The number of carbonyl (C=O) groups is 3. The van der Waals surface area contributed by atoms with Gasteiger partial charge in [0.1, 0.15) is 11.5 Å². The predicted molar refractivity (Wildman–Crippen MR) is 95.2 cm³/mol. The summed E-state index contributed by atoms with van der Waals surface area (Å²) < 4.78 is 10.3. The molecule has 0 spiro atoms. The smallest absolute Gasteiger partial charge is 0.243 e. The molecule has 1 aliphatic rings. The van der Waals surface area contributed by atoms with Crippen LogP contribution in [0.3, 0.4) is 0 Å². The topological polar surface area (TPSA) is 101 Å². The van der Waals surface area contributed by atoms with Crippen molar-refractivity contribution in [1.82, 2.24) is 15.8 Å². The molecule has 0 aliphatic carbocycles. The van der Waals surface area contributed by atoms with Crippen molar-refractivity contribution < 1.29 is 23.5 Å². The minimum Gasteiger partial charge on any atom is -0.497 e. The lowest BCUT2D eigenvalue weighted by atomic mass is 10.1. The molecule has 2 N–H and O–H groups in total. The van der Waals surface area contributed by atoms with Gasteiger partial charge in [-0.05, 0) is 29.8 Å². The van der Waals surface area contributed by atoms with E-state index >= 15 is 0 Å². The zero-order valence-electron chi connectivity index (χ0n) is 14.9. The fraction of sp³-hybridized carbons (Fsp3) is 0.316. The van der Waals surface area contributed by atoms with Crippen LogP contribution in [0.2, 0.25) is 0 Å². The standard InChI is InChI=1S/C19H21N3O5/c1-26-15-6-4-13(5-7-15)9-17(23)20-21-19(25)14-10-18(24)22(11-14)12-16-3-2-8-27-16/h2-8,14H,9-12H2,1H3,(H,20,23)(H,21,25). The summed E-state index contributed by atoms with van der Waals surface area (Å²) in [5.74, 6) is 0.0261. The Hall–Kier alpha value is -3.29. The number of hydrogen-bond acceptors (Lipinski definition) is 5. The largest absolute Gasteiger partial charge is 0.497 e. The first-order valence-electron chi connectivity index (χ1n) is 8.57. The number of nitrogens with one attached hydrogen (secondary N) is 2. The third-order valence-corrected chi connectivity index (χ3v) is 4.36. The molecule has 1 saturated heterocycles. The molecule has 3 amide bonds. The van der Waals surface area contributed by atoms with Crippen LogP contribution in [0.25, 0.3) is 0 Å². The molecule has 1 fully saturated rings. The monoisotopic (exact) mass is 371 g/mol. The van der Waals surface area contributed by atoms with Crippen molar-refractivity contribution >= 4 is 17.7 Å². The van der Waals surface area contributed by atoms with Gasteiger partial charge in [-0.1, -0.05) is 12.1 Å². The fourth-order valence-electron chi connectivity index (χ4n) is 2.90. The zero-order chi connectivity index (χ0) is 19.2. The molecular weight excluding hydrogens is 350 g/mol. The summed E-state index contributed by atoms with van der Waals surface area (Å²) in [6.45, 7) is 0.624. The molecule has 1 atom stereocenters. The SMILES string of the molecule is COc1ccc(CC(=O)NNC(=O)C2CC(=O)N(Cc3ccco3)C2)cc1. The van der Waals surface area contributed by atoms with Crippen molar-refractivity contribution in [2.24, 2.45) is 5.92 Å². The van der Waals surface area contributed by atoms with Crippen molar-refractivity contribution in [2.45, 2.75) is 19.4 Å². The summed E-state index contributed by atoms with van der Waals surface area (Å²) in [4.78, 5) is 37.8. The first kappa shape index (κ1) is 18.5. The van der Waals surface area contributed by atoms with E-state index in [0.29, 0.717) is 24.6 Å². The van der Waals surface area contributed by atoms with Gasteiger partial charge in [-0.3, -0.25) is 25.2 Å². The van der Waals surface area contributed by atoms with Crippen LogP contribution in [0.15, 0.2) is 47.1 Å². The highest BCUT2D eigenvalue weighted by Crippen LogP contribution is 2.20. The van der Waals surface area contributed by atoms with Gasteiger partial charge in [0, 0.05) is 13.0 Å². The highest BCUT2D eigenvalue weighted by molar-refractivity contribution is 5.90. The number of likely N-dealkylation sites (tertiary alicyclic amines) is 1. The van der Waals surface area contributed by atoms with Crippen molar-refractivity contribution in [3.63, 3.8) is 0 Å². The van der Waals surface area contributed by atoms with Gasteiger partial charge in [0.05, 0.1) is 32.3 Å². The van der Waals surface area contributed by atoms with E-state index in [4.69, 9.17) is 9.15 Å². The molecule has 3 rings (SSSR count). The number of benzene rings is 1. The molecule has 0 saturated carbocycles. The highest BCUT2D eigenvalue weighted by Gasteiger charge is 2.34. The molecule has 1 aromatic carbocycles. The maximum atomic E-state index is 12.2. The minimum atomic E-state index is -0.506. The number of amides is 3. The average molecular weight is 371 g/mol. The Bertz CT molecular complexity index is 801. The Morgan fingerprint density at radius 3 is 2.67 bits per heavy atom. The second kappa shape index (κ2) is 8.39. The number of nitrogens with zero attached hydrogens (tertiary/aromatic N) is 1. The van der Waals surface area contributed by atoms with Crippen LogP contribution in [0, 0.1) is 5.92 Å². The first-order chi connectivity index (χ1) is 13.0. The Kier molecular flexibility index (Phi) is 5.75. The second-order valence-electron chi connectivity index (χ2n) is 6.32. The van der Waals surface area contributed by atoms with E-state index in [1.807, 2.05) is 0 Å². The van der Waals surface area contributed by atoms with Crippen LogP contribution in [-0.2, 0) is 27.3 Å². The lowest BCUT2D eigenvalue weighted by Gasteiger charge is -2.15. The number of furan rings is 1. The molecule has 0 radical (unpaired) electrons. The number of carbonyl (C=O) groups excluding carboxylic acids is 3. The van der Waals surface area contributed by atoms with E-state index in [1.165, 1.54) is 0 Å². The molecule has 0 bridgehead atoms. The van der Waals surface area contributed by atoms with Crippen LogP contribution in [0.5, 0.6) is 5.75 Å². The average Bonchev–Trinajstić information content (AvgIpc) is 3.31. The van der Waals surface area contributed by atoms with Gasteiger partial charge in [0.15, 0.2) is 0 Å². The van der Waals surface area contributed by atoms with Crippen molar-refractivity contribution in [3.8, 4) is 5.75 Å². The van der Waals surface area contributed by atoms with Gasteiger partial charge in [-0.15, -0.1) is 0 Å². The van der Waals surface area contributed by atoms with E-state index in [1.54, 1.807) is 54.7 Å². The Balaban J connectivity index is 1.44. The van der Waals surface area contributed by atoms with E-state index in [9.17, 15) is 14.4 Å². The Morgan fingerprint density at radius 1 is 1.22 bits per heavy atom. The summed E-state index contributed by atoms with van der Waals surface area (Å²) in [6, 6.07) is 10.6. The summed E-state index contributed by atoms with van der Waals surface area (Å²) in [6.07, 6.45) is 1.78. The molecule has 8 heteroatoms. The van der Waals surface area contributed by atoms with Crippen LogP contribution >= 0.6 is 0 Å². The first-order valence-corrected chi connectivity index (χ1v) is 8.57. The third-order valence-electron chi connectivity index (χ3n) is 4.36. The van der Waals surface area contributed by atoms with Crippen LogP contribution in [-0.4, -0.2) is 36.3 Å². The number of hydrazine groups is 1. The molecular formula is C19H21N3O5. The summed E-state index contributed by atoms with van der Waals surface area (Å²) in [5.41, 5.74) is 5.59. The van der Waals surface area contributed by atoms with E-state index in [0.717, 1.165) is 5.56 Å². The maximum absolute atomic E-state index is 12.2. The second-order valence-corrected chi connectivity index (χ2v) is 6.32. The molecule has 8 nitrogen and oxygen atoms in total. The van der Waals surface area contributed by atoms with Gasteiger partial charge in [0.25, 0.3) is 0 Å². The van der Waals surface area contributed by atoms with E-state index in [-0.39, 0.29) is 30.6 Å². The van der Waals surface area contributed by atoms with E-state index in [2.05, 4.69) is 10.9 Å². The predicted octanol–water partition coefficient (Wildman–Crippen LogP) is 1.03. The van der Waals surface area contributed by atoms with Gasteiger partial charge in [-0.25, -0.2) is 0 Å². The van der Waals surface area contributed by atoms with Crippen molar-refractivity contribution in [1.29, 1.82) is 0 Å². The normalized spacial score (nSPS) is 16.3. The molecule has 2 heterocycles. The maximum Gasteiger partial charge on any atom is 0.243 e. The third kappa shape index (κ3) is 4.87. The van der Waals surface area contributed by atoms with Crippen LogP contribution in [0.4, 0.5) is 0 Å². The number of ether oxygens (including phenoxy) is 1. The van der Waals surface area contributed by atoms with Gasteiger partial charge in [0.2, 0.25) is 17.7 Å². The molecule has 1 unspecified atom stereocenters. The minimum absolute atomic E-state index is 0.112. The molecule has 142 valence electrons. The zero-order valence-corrected chi connectivity index (χ0v) is 14.9. The summed E-state index contributed by atoms with van der Waals surface area (Å²) in [5, 5.41) is 0. The quantitative estimate of drug-likeness (QED) is 0.739. The summed E-state index contributed by atoms with van der Waals surface area (Å²) in [7, 11) is 1.57. The van der Waals surface area contributed by atoms with Gasteiger partial charge >= 0.3 is 0 Å². The summed E-state index contributed by atoms with van der Waals surface area (Å²) >= 11 is 0.